The third-order valence-electron chi connectivity index (χ3n) is 4.76. The van der Waals surface area contributed by atoms with E-state index in [-0.39, 0.29) is 22.4 Å². The summed E-state index contributed by atoms with van der Waals surface area (Å²) in [6.07, 6.45) is 1.22. The Bertz CT molecular complexity index is 1200. The summed E-state index contributed by atoms with van der Waals surface area (Å²) in [6.45, 7) is 0. The highest BCUT2D eigenvalue weighted by Gasteiger charge is 2.26. The van der Waals surface area contributed by atoms with Crippen LogP contribution in [0, 0.1) is 10.1 Å². The monoisotopic (exact) mass is 457 g/mol. The Balaban J connectivity index is 1.59. The van der Waals surface area contributed by atoms with Crippen LogP contribution in [0.25, 0.3) is 0 Å². The first kappa shape index (κ1) is 22.0. The van der Waals surface area contributed by atoms with E-state index in [4.69, 9.17) is 0 Å². The Morgan fingerprint density at radius 1 is 0.848 bits per heavy atom. The van der Waals surface area contributed by atoms with Crippen molar-refractivity contribution in [3.63, 3.8) is 0 Å². The van der Waals surface area contributed by atoms with Crippen molar-refractivity contribution < 1.29 is 9.72 Å². The quantitative estimate of drug-likeness (QED) is 0.222. The predicted molar refractivity (Wildman–Crippen MR) is 126 cm³/mol. The molecule has 0 saturated heterocycles. The lowest BCUT2D eigenvalue weighted by Gasteiger charge is -2.18. The number of anilines is 1. The molecule has 33 heavy (non-hydrogen) atoms. The van der Waals surface area contributed by atoms with Crippen molar-refractivity contribution in [1.29, 1.82) is 0 Å². The zero-order valence-electron chi connectivity index (χ0n) is 17.3. The highest BCUT2D eigenvalue weighted by atomic mass is 32.2. The minimum Gasteiger partial charge on any atom is -0.276 e. The Labute approximate surface area is 194 Å². The van der Waals surface area contributed by atoms with Gasteiger partial charge in [0.25, 0.3) is 0 Å². The highest BCUT2D eigenvalue weighted by Crippen LogP contribution is 2.36. The van der Waals surface area contributed by atoms with Gasteiger partial charge in [0.15, 0.2) is 5.03 Å². The molecule has 0 fully saturated rings. The van der Waals surface area contributed by atoms with Gasteiger partial charge in [-0.25, -0.2) is 9.97 Å². The molecule has 0 saturated carbocycles. The molecule has 0 aliphatic carbocycles. The number of hydrogen-bond donors (Lipinski definition) is 2. The van der Waals surface area contributed by atoms with Crippen molar-refractivity contribution in [2.45, 2.75) is 15.8 Å². The summed E-state index contributed by atoms with van der Waals surface area (Å²) in [7, 11) is 0. The van der Waals surface area contributed by atoms with Gasteiger partial charge in [0.2, 0.25) is 11.7 Å². The summed E-state index contributed by atoms with van der Waals surface area (Å²) >= 11 is 1.15. The molecule has 3 aromatic carbocycles. The van der Waals surface area contributed by atoms with Crippen LogP contribution < -0.4 is 10.9 Å². The minimum atomic E-state index is -0.612. The molecule has 0 atom stereocenters. The highest BCUT2D eigenvalue weighted by molar-refractivity contribution is 7.99. The first-order chi connectivity index (χ1) is 16.1. The van der Waals surface area contributed by atoms with E-state index in [1.54, 1.807) is 0 Å². The Kier molecular flexibility index (Phi) is 6.91. The number of benzene rings is 3. The molecule has 4 aromatic rings. The van der Waals surface area contributed by atoms with Gasteiger partial charge in [-0.05, 0) is 23.3 Å². The van der Waals surface area contributed by atoms with Crippen molar-refractivity contribution in [3.8, 4) is 0 Å². The summed E-state index contributed by atoms with van der Waals surface area (Å²) in [5.41, 5.74) is 6.49. The number of nitro groups is 1. The fraction of sp³-hybridized carbons (Fsp3) is 0.0417. The Morgan fingerprint density at radius 3 is 1.94 bits per heavy atom. The average Bonchev–Trinajstić information content (AvgIpc) is 2.85. The summed E-state index contributed by atoms with van der Waals surface area (Å²) in [6, 6.07) is 27.8. The van der Waals surface area contributed by atoms with Gasteiger partial charge in [-0.3, -0.25) is 25.8 Å². The fourth-order valence-electron chi connectivity index (χ4n) is 3.27. The minimum absolute atomic E-state index is 0.0957. The predicted octanol–water partition coefficient (Wildman–Crippen LogP) is 4.81. The maximum atomic E-state index is 13.2. The van der Waals surface area contributed by atoms with Crippen LogP contribution in [0.15, 0.2) is 107 Å². The summed E-state index contributed by atoms with van der Waals surface area (Å²) in [5, 5.41) is 12.0. The SMILES string of the molecule is O=C(NNc1ncnc(Sc2ccccc2)c1[N+](=O)[O-])C(c1ccccc1)c1ccccc1. The number of aromatic nitrogens is 2. The van der Waals surface area contributed by atoms with Crippen molar-refractivity contribution in [2.75, 3.05) is 5.43 Å². The van der Waals surface area contributed by atoms with Crippen LogP contribution in [0.5, 0.6) is 0 Å². The van der Waals surface area contributed by atoms with Crippen LogP contribution in [0.3, 0.4) is 0 Å². The first-order valence-electron chi connectivity index (χ1n) is 10.0. The normalized spacial score (nSPS) is 10.6. The van der Waals surface area contributed by atoms with Crippen LogP contribution in [0.1, 0.15) is 17.0 Å². The van der Waals surface area contributed by atoms with Crippen molar-refractivity contribution in [1.82, 2.24) is 15.4 Å². The van der Waals surface area contributed by atoms with E-state index in [0.717, 1.165) is 27.8 Å². The number of carbonyl (C=O) groups is 1. The van der Waals surface area contributed by atoms with Gasteiger partial charge in [-0.1, -0.05) is 90.6 Å². The molecule has 4 rings (SSSR count). The molecule has 0 bridgehead atoms. The number of nitrogens with zero attached hydrogens (tertiary/aromatic N) is 3. The lowest BCUT2D eigenvalue weighted by atomic mass is 9.91. The molecule has 0 aliphatic rings. The van der Waals surface area contributed by atoms with Gasteiger partial charge < -0.3 is 0 Å². The second kappa shape index (κ2) is 10.4. The number of hydrazine groups is 1. The summed E-state index contributed by atoms with van der Waals surface area (Å²) in [4.78, 5) is 33.3. The maximum absolute atomic E-state index is 13.2. The van der Waals surface area contributed by atoms with E-state index >= 15 is 0 Å². The lowest BCUT2D eigenvalue weighted by Crippen LogP contribution is -2.35. The second-order valence-electron chi connectivity index (χ2n) is 6.92. The van der Waals surface area contributed by atoms with E-state index in [9.17, 15) is 14.9 Å². The maximum Gasteiger partial charge on any atom is 0.345 e. The van der Waals surface area contributed by atoms with E-state index in [2.05, 4.69) is 20.8 Å². The summed E-state index contributed by atoms with van der Waals surface area (Å²) in [5.74, 6) is -1.09. The van der Waals surface area contributed by atoms with Crippen LogP contribution in [0.4, 0.5) is 11.5 Å². The second-order valence-corrected chi connectivity index (χ2v) is 7.98. The third-order valence-corrected chi connectivity index (χ3v) is 5.76. The molecular weight excluding hydrogens is 438 g/mol. The smallest absolute Gasteiger partial charge is 0.276 e. The molecule has 2 N–H and O–H groups in total. The molecule has 0 aliphatic heterocycles. The van der Waals surface area contributed by atoms with Gasteiger partial charge in [-0.2, -0.15) is 0 Å². The number of nitrogens with one attached hydrogen (secondary N) is 2. The van der Waals surface area contributed by atoms with Gasteiger partial charge in [0.1, 0.15) is 6.33 Å². The molecule has 1 heterocycles. The van der Waals surface area contributed by atoms with Crippen LogP contribution in [-0.2, 0) is 4.79 Å². The zero-order chi connectivity index (χ0) is 23.0. The molecular formula is C24H19N5O3S. The van der Waals surface area contributed by atoms with Crippen LogP contribution >= 0.6 is 11.8 Å². The molecule has 1 aromatic heterocycles. The topological polar surface area (TPSA) is 110 Å². The molecule has 8 nitrogen and oxygen atoms in total. The van der Waals surface area contributed by atoms with E-state index in [1.807, 2.05) is 91.0 Å². The van der Waals surface area contributed by atoms with Gasteiger partial charge >= 0.3 is 5.69 Å². The Hall–Kier alpha value is -4.24. The van der Waals surface area contributed by atoms with Crippen molar-refractivity contribution >= 4 is 29.2 Å². The van der Waals surface area contributed by atoms with Crippen molar-refractivity contribution in [2.24, 2.45) is 0 Å². The van der Waals surface area contributed by atoms with Gasteiger partial charge in [-0.15, -0.1) is 0 Å². The zero-order valence-corrected chi connectivity index (χ0v) is 18.1. The molecule has 9 heteroatoms. The fourth-order valence-corrected chi connectivity index (χ4v) is 4.16. The average molecular weight is 458 g/mol. The third kappa shape index (κ3) is 5.34. The number of hydrogen-bond acceptors (Lipinski definition) is 7. The molecule has 0 spiro atoms. The standard InChI is InChI=1S/C24H19N5O3S/c30-23(20(17-10-4-1-5-11-17)18-12-6-2-7-13-18)28-27-22-21(29(31)32)24(26-16-25-22)33-19-14-8-3-9-15-19/h1-16,20H,(H,28,30)(H,25,26,27). The van der Waals surface area contributed by atoms with E-state index in [1.165, 1.54) is 6.33 Å². The number of amides is 1. The largest absolute Gasteiger partial charge is 0.345 e. The molecule has 1 amide bonds. The molecule has 164 valence electrons. The van der Waals surface area contributed by atoms with Crippen LogP contribution in [-0.4, -0.2) is 20.8 Å². The molecule has 0 unspecified atom stereocenters. The van der Waals surface area contributed by atoms with E-state index < -0.39 is 10.8 Å². The number of carbonyl (C=O) groups excluding carboxylic acids is 1. The summed E-state index contributed by atoms with van der Waals surface area (Å²) < 4.78 is 0. The Morgan fingerprint density at radius 2 is 1.39 bits per heavy atom. The van der Waals surface area contributed by atoms with Gasteiger partial charge in [0.05, 0.1) is 10.8 Å². The van der Waals surface area contributed by atoms with Gasteiger partial charge in [0, 0.05) is 4.90 Å². The molecule has 0 radical (unpaired) electrons. The lowest BCUT2D eigenvalue weighted by molar-refractivity contribution is -0.387. The first-order valence-corrected chi connectivity index (χ1v) is 10.8. The van der Waals surface area contributed by atoms with Crippen molar-refractivity contribution in [3.05, 3.63) is 119 Å². The number of rotatable bonds is 8. The van der Waals surface area contributed by atoms with E-state index in [0.29, 0.717) is 0 Å². The van der Waals surface area contributed by atoms with Crippen LogP contribution in [0.2, 0.25) is 0 Å².